The molecule has 98 valence electrons. The van der Waals surface area contributed by atoms with E-state index in [1.54, 1.807) is 28.2 Å². The molecule has 19 heavy (non-hydrogen) atoms. The zero-order valence-electron chi connectivity index (χ0n) is 9.62. The molecule has 0 bridgehead atoms. The predicted octanol–water partition coefficient (Wildman–Crippen LogP) is 2.53. The summed E-state index contributed by atoms with van der Waals surface area (Å²) in [5.41, 5.74) is 1.46. The summed E-state index contributed by atoms with van der Waals surface area (Å²) in [5.74, 6) is 0.576. The fraction of sp³-hybridized carbons (Fsp3) is 0.182. The van der Waals surface area contributed by atoms with Crippen LogP contribution in [0.5, 0.6) is 0 Å². The molecule has 3 rings (SSSR count). The lowest BCUT2D eigenvalue weighted by Gasteiger charge is -2.00. The maximum atomic E-state index is 12.1. The van der Waals surface area contributed by atoms with Gasteiger partial charge in [0.1, 0.15) is 5.69 Å². The number of nitrogens with one attached hydrogen (secondary N) is 1. The molecule has 8 heteroatoms. The van der Waals surface area contributed by atoms with Crippen LogP contribution >= 0.6 is 11.3 Å². The highest BCUT2D eigenvalue weighted by Gasteiger charge is 2.11. The summed E-state index contributed by atoms with van der Waals surface area (Å²) in [6, 6.07) is 1.79. The van der Waals surface area contributed by atoms with Gasteiger partial charge in [0.25, 0.3) is 6.43 Å². The zero-order chi connectivity index (χ0) is 13.2. The predicted molar refractivity (Wildman–Crippen MR) is 68.6 cm³/mol. The van der Waals surface area contributed by atoms with Gasteiger partial charge < -0.3 is 5.32 Å². The number of halogens is 2. The van der Waals surface area contributed by atoms with Crippen molar-refractivity contribution in [3.05, 3.63) is 30.0 Å². The van der Waals surface area contributed by atoms with E-state index >= 15 is 0 Å². The van der Waals surface area contributed by atoms with Crippen LogP contribution in [-0.4, -0.2) is 32.3 Å². The van der Waals surface area contributed by atoms with E-state index in [9.17, 15) is 8.78 Å². The molecule has 0 saturated carbocycles. The molecule has 0 aromatic carbocycles. The van der Waals surface area contributed by atoms with Gasteiger partial charge in [-0.15, -0.1) is 11.3 Å². The Morgan fingerprint density at radius 2 is 2.26 bits per heavy atom. The van der Waals surface area contributed by atoms with E-state index in [-0.39, 0.29) is 0 Å². The lowest BCUT2D eigenvalue weighted by molar-refractivity contribution is 0.163. The minimum atomic E-state index is -2.40. The lowest BCUT2D eigenvalue weighted by Crippen LogP contribution is -2.09. The first kappa shape index (κ1) is 12.0. The van der Waals surface area contributed by atoms with Gasteiger partial charge in [0.2, 0.25) is 5.78 Å². The second-order valence-electron chi connectivity index (χ2n) is 3.74. The van der Waals surface area contributed by atoms with Crippen LogP contribution < -0.4 is 5.32 Å². The first-order valence-corrected chi connectivity index (χ1v) is 6.38. The molecule has 5 nitrogen and oxygen atoms in total. The summed E-state index contributed by atoms with van der Waals surface area (Å²) in [5, 5.41) is 4.85. The molecule has 0 fully saturated rings. The molecule has 3 heterocycles. The number of alkyl halides is 2. The third-order valence-electron chi connectivity index (χ3n) is 2.46. The second kappa shape index (κ2) is 4.88. The maximum Gasteiger partial charge on any atom is 0.255 e. The molecule has 0 aliphatic rings. The van der Waals surface area contributed by atoms with Crippen molar-refractivity contribution in [1.29, 1.82) is 0 Å². The van der Waals surface area contributed by atoms with Gasteiger partial charge in [-0.05, 0) is 6.07 Å². The molecule has 0 aliphatic heterocycles. The molecular formula is C11H9F2N5S. The van der Waals surface area contributed by atoms with Crippen LogP contribution in [0.2, 0.25) is 0 Å². The van der Waals surface area contributed by atoms with Crippen LogP contribution in [0.15, 0.2) is 30.0 Å². The molecule has 0 unspecified atom stereocenters. The smallest absolute Gasteiger partial charge is 0.255 e. The minimum Gasteiger partial charge on any atom is -0.356 e. The highest BCUT2D eigenvalue weighted by molar-refractivity contribution is 7.14. The Kier molecular flexibility index (Phi) is 3.08. The first-order chi connectivity index (χ1) is 9.24. The lowest BCUT2D eigenvalue weighted by atomic mass is 10.4. The maximum absolute atomic E-state index is 12.1. The summed E-state index contributed by atoms with van der Waals surface area (Å²) in [6.45, 7) is -0.401. The highest BCUT2D eigenvalue weighted by Crippen LogP contribution is 2.25. The molecule has 0 saturated heterocycles. The van der Waals surface area contributed by atoms with Crippen molar-refractivity contribution in [1.82, 2.24) is 19.4 Å². The SMILES string of the molecule is FC(F)CNc1nc(-c2cnc3ncccn23)cs1. The largest absolute Gasteiger partial charge is 0.356 e. The van der Waals surface area contributed by atoms with E-state index in [2.05, 4.69) is 20.3 Å². The van der Waals surface area contributed by atoms with Crippen molar-refractivity contribution < 1.29 is 8.78 Å². The Morgan fingerprint density at radius 3 is 3.11 bits per heavy atom. The topological polar surface area (TPSA) is 55.1 Å². The summed E-state index contributed by atoms with van der Waals surface area (Å²) < 4.78 is 26.0. The average Bonchev–Trinajstić information content (AvgIpc) is 3.02. The van der Waals surface area contributed by atoms with Crippen LogP contribution in [0.1, 0.15) is 0 Å². The van der Waals surface area contributed by atoms with Gasteiger partial charge in [-0.1, -0.05) is 0 Å². The number of thiazole rings is 1. The molecule has 0 radical (unpaired) electrons. The van der Waals surface area contributed by atoms with Crippen molar-refractivity contribution in [2.45, 2.75) is 6.43 Å². The fourth-order valence-electron chi connectivity index (χ4n) is 1.65. The number of nitrogens with zero attached hydrogens (tertiary/aromatic N) is 4. The molecule has 0 atom stereocenters. The van der Waals surface area contributed by atoms with Gasteiger partial charge in [0.05, 0.1) is 18.4 Å². The molecule has 3 aromatic rings. The Hall–Kier alpha value is -2.09. The number of anilines is 1. The number of hydrogen-bond donors (Lipinski definition) is 1. The summed E-state index contributed by atoms with van der Waals surface area (Å²) >= 11 is 1.28. The van der Waals surface area contributed by atoms with Crippen molar-refractivity contribution in [2.24, 2.45) is 0 Å². The van der Waals surface area contributed by atoms with Gasteiger partial charge in [0, 0.05) is 17.8 Å². The Bertz CT molecular complexity index is 693. The molecular weight excluding hydrogens is 272 g/mol. The van der Waals surface area contributed by atoms with Gasteiger partial charge >= 0.3 is 0 Å². The van der Waals surface area contributed by atoms with Crippen molar-refractivity contribution in [3.63, 3.8) is 0 Å². The van der Waals surface area contributed by atoms with Crippen LogP contribution in [0.3, 0.4) is 0 Å². The van der Waals surface area contributed by atoms with E-state index < -0.39 is 13.0 Å². The molecule has 0 amide bonds. The number of fused-ring (bicyclic) bond motifs is 1. The van der Waals surface area contributed by atoms with E-state index in [1.165, 1.54) is 11.3 Å². The van der Waals surface area contributed by atoms with Crippen LogP contribution in [0, 0.1) is 0 Å². The van der Waals surface area contributed by atoms with Crippen molar-refractivity contribution >= 4 is 22.2 Å². The second-order valence-corrected chi connectivity index (χ2v) is 4.60. The van der Waals surface area contributed by atoms with Crippen molar-refractivity contribution in [3.8, 4) is 11.4 Å². The zero-order valence-corrected chi connectivity index (χ0v) is 10.4. The normalized spacial score (nSPS) is 11.3. The Morgan fingerprint density at radius 1 is 1.37 bits per heavy atom. The van der Waals surface area contributed by atoms with Gasteiger partial charge in [-0.3, -0.25) is 4.40 Å². The van der Waals surface area contributed by atoms with E-state index in [4.69, 9.17) is 0 Å². The third-order valence-corrected chi connectivity index (χ3v) is 3.26. The Labute approximate surface area is 111 Å². The molecule has 0 spiro atoms. The molecule has 0 aliphatic carbocycles. The van der Waals surface area contributed by atoms with Crippen LogP contribution in [-0.2, 0) is 0 Å². The number of aromatic nitrogens is 4. The van der Waals surface area contributed by atoms with E-state index in [1.807, 2.05) is 6.20 Å². The standard InChI is InChI=1S/C11H9F2N5S/c12-9(13)5-16-11-17-7(6-19-11)8-4-15-10-14-2-1-3-18(8)10/h1-4,6,9H,5H2,(H,16,17). The molecule has 3 aromatic heterocycles. The highest BCUT2D eigenvalue weighted by atomic mass is 32.1. The third kappa shape index (κ3) is 2.39. The molecule has 1 N–H and O–H groups in total. The van der Waals surface area contributed by atoms with E-state index in [0.717, 1.165) is 5.69 Å². The first-order valence-electron chi connectivity index (χ1n) is 5.50. The van der Waals surface area contributed by atoms with Crippen LogP contribution in [0.4, 0.5) is 13.9 Å². The number of imidazole rings is 1. The summed E-state index contributed by atoms with van der Waals surface area (Å²) in [6.07, 6.45) is 2.75. The van der Waals surface area contributed by atoms with E-state index in [0.29, 0.717) is 16.6 Å². The summed E-state index contributed by atoms with van der Waals surface area (Å²) in [4.78, 5) is 12.5. The van der Waals surface area contributed by atoms with Gasteiger partial charge in [0.15, 0.2) is 5.13 Å². The average molecular weight is 281 g/mol. The minimum absolute atomic E-state index is 0.401. The van der Waals surface area contributed by atoms with Crippen molar-refractivity contribution in [2.75, 3.05) is 11.9 Å². The number of hydrogen-bond acceptors (Lipinski definition) is 5. The Balaban J connectivity index is 1.90. The fourth-order valence-corrected chi connectivity index (χ4v) is 2.37. The van der Waals surface area contributed by atoms with Crippen LogP contribution in [0.25, 0.3) is 17.2 Å². The van der Waals surface area contributed by atoms with Gasteiger partial charge in [-0.25, -0.2) is 23.7 Å². The quantitative estimate of drug-likeness (QED) is 0.798. The summed E-state index contributed by atoms with van der Waals surface area (Å²) in [7, 11) is 0. The van der Waals surface area contributed by atoms with Gasteiger partial charge in [-0.2, -0.15) is 0 Å². The monoisotopic (exact) mass is 281 g/mol. The number of rotatable bonds is 4.